The molecule has 2 aliphatic rings. The quantitative estimate of drug-likeness (QED) is 0.174. The van der Waals surface area contributed by atoms with E-state index in [1.165, 1.54) is 116 Å². The molecule has 282 valence electrons. The molecule has 0 amide bonds. The topological polar surface area (TPSA) is 18.1 Å². The van der Waals surface area contributed by atoms with Crippen molar-refractivity contribution in [1.82, 2.24) is 4.57 Å². The van der Waals surface area contributed by atoms with E-state index in [4.69, 9.17) is 4.42 Å². The van der Waals surface area contributed by atoms with Gasteiger partial charge >= 0.3 is 0 Å². The van der Waals surface area contributed by atoms with Crippen LogP contribution in [-0.2, 0) is 11.8 Å². The molecule has 0 spiro atoms. The first-order chi connectivity index (χ1) is 29.5. The lowest BCUT2D eigenvalue weighted by Gasteiger charge is -2.22. The van der Waals surface area contributed by atoms with Gasteiger partial charge in [0.2, 0.25) is 0 Å². The summed E-state index contributed by atoms with van der Waals surface area (Å²) in [4.78, 5) is 0. The molecule has 0 unspecified atom stereocenters. The molecule has 11 aromatic rings. The largest absolute Gasteiger partial charge is 0.455 e. The minimum absolute atomic E-state index is 0.0591. The highest BCUT2D eigenvalue weighted by Gasteiger charge is 2.35. The number of hydrogen-bond donors (Lipinski definition) is 0. The van der Waals surface area contributed by atoms with Crippen molar-refractivity contribution in [3.05, 3.63) is 210 Å². The number of rotatable bonds is 4. The van der Waals surface area contributed by atoms with Crippen LogP contribution in [0.5, 0.6) is 0 Å². The van der Waals surface area contributed by atoms with Crippen LogP contribution in [0, 0.1) is 0 Å². The van der Waals surface area contributed by atoms with Crippen LogP contribution >= 0.6 is 0 Å². The summed E-state index contributed by atoms with van der Waals surface area (Å²) in [6.45, 7) is 4.72. The first kappa shape index (κ1) is 33.5. The molecule has 0 saturated carbocycles. The maximum atomic E-state index is 6.54. The summed E-state index contributed by atoms with van der Waals surface area (Å²) in [6, 6.07) is 69.7. The van der Waals surface area contributed by atoms with Gasteiger partial charge in [0.15, 0.2) is 0 Å². The van der Waals surface area contributed by atoms with Gasteiger partial charge < -0.3 is 8.98 Å². The van der Waals surface area contributed by atoms with E-state index in [1.807, 2.05) is 0 Å². The van der Waals surface area contributed by atoms with E-state index in [9.17, 15) is 0 Å². The van der Waals surface area contributed by atoms with E-state index < -0.39 is 0 Å². The summed E-state index contributed by atoms with van der Waals surface area (Å²) in [7, 11) is 0. The highest BCUT2D eigenvalue weighted by molar-refractivity contribution is 6.13. The fourth-order valence-electron chi connectivity index (χ4n) is 10.6. The van der Waals surface area contributed by atoms with Gasteiger partial charge in [0.1, 0.15) is 11.2 Å². The Balaban J connectivity index is 0.973. The third-order valence-electron chi connectivity index (χ3n) is 13.6. The number of para-hydroxylation sites is 1. The lowest BCUT2D eigenvalue weighted by atomic mass is 9.81. The minimum Gasteiger partial charge on any atom is -0.455 e. The van der Waals surface area contributed by atoms with Crippen LogP contribution in [0.1, 0.15) is 36.1 Å². The third-order valence-corrected chi connectivity index (χ3v) is 13.6. The molecular weight excluding hydrogens is 727 g/mol. The Morgan fingerprint density at radius 3 is 1.82 bits per heavy atom. The Morgan fingerprint density at radius 1 is 0.417 bits per heavy atom. The van der Waals surface area contributed by atoms with E-state index in [0.29, 0.717) is 0 Å². The number of aromatic nitrogens is 1. The second-order valence-electron chi connectivity index (χ2n) is 17.3. The normalized spacial score (nSPS) is 13.6. The number of hydrogen-bond acceptors (Lipinski definition) is 1. The minimum atomic E-state index is -0.0591. The molecule has 2 heteroatoms. The van der Waals surface area contributed by atoms with Gasteiger partial charge in [0.05, 0.1) is 11.0 Å². The zero-order chi connectivity index (χ0) is 39.7. The molecule has 2 aromatic heterocycles. The predicted octanol–water partition coefficient (Wildman–Crippen LogP) is 15.6. The Hall–Kier alpha value is -7.42. The van der Waals surface area contributed by atoms with Gasteiger partial charge in [-0.2, -0.15) is 0 Å². The summed E-state index contributed by atoms with van der Waals surface area (Å²) in [6.07, 6.45) is 0.883. The highest BCUT2D eigenvalue weighted by atomic mass is 16.3. The van der Waals surface area contributed by atoms with Gasteiger partial charge in [-0.05, 0) is 127 Å². The molecule has 2 heterocycles. The molecule has 13 rings (SSSR count). The molecule has 0 atom stereocenters. The van der Waals surface area contributed by atoms with Crippen molar-refractivity contribution in [3.8, 4) is 61.3 Å². The van der Waals surface area contributed by atoms with Crippen LogP contribution in [0.15, 0.2) is 192 Å². The fraction of sp³-hybridized carbons (Fsp3) is 0.0690. The van der Waals surface area contributed by atoms with Gasteiger partial charge in [-0.3, -0.25) is 0 Å². The van der Waals surface area contributed by atoms with Gasteiger partial charge in [0.25, 0.3) is 0 Å². The van der Waals surface area contributed by atoms with Crippen molar-refractivity contribution >= 4 is 43.7 Å². The van der Waals surface area contributed by atoms with Crippen LogP contribution < -0.4 is 0 Å². The first-order valence-corrected chi connectivity index (χ1v) is 21.0. The number of furan rings is 1. The summed E-state index contributed by atoms with van der Waals surface area (Å²) in [5.74, 6) is 0. The lowest BCUT2D eigenvalue weighted by molar-refractivity contribution is 0.660. The van der Waals surface area contributed by atoms with E-state index >= 15 is 0 Å². The van der Waals surface area contributed by atoms with Gasteiger partial charge in [-0.25, -0.2) is 0 Å². The smallest absolute Gasteiger partial charge is 0.143 e. The van der Waals surface area contributed by atoms with Gasteiger partial charge in [-0.15, -0.1) is 0 Å². The van der Waals surface area contributed by atoms with Crippen LogP contribution in [0.4, 0.5) is 0 Å². The van der Waals surface area contributed by atoms with Crippen LogP contribution in [0.2, 0.25) is 0 Å². The maximum Gasteiger partial charge on any atom is 0.143 e. The van der Waals surface area contributed by atoms with Crippen molar-refractivity contribution in [2.24, 2.45) is 0 Å². The highest BCUT2D eigenvalue weighted by Crippen LogP contribution is 2.50. The Kier molecular flexibility index (Phi) is 6.88. The molecule has 0 fully saturated rings. The molecule has 60 heavy (non-hydrogen) atoms. The zero-order valence-electron chi connectivity index (χ0n) is 33.5. The van der Waals surface area contributed by atoms with E-state index in [1.54, 1.807) is 0 Å². The van der Waals surface area contributed by atoms with E-state index in [-0.39, 0.29) is 5.41 Å². The van der Waals surface area contributed by atoms with Crippen molar-refractivity contribution in [3.63, 3.8) is 0 Å². The molecule has 0 aliphatic heterocycles. The Morgan fingerprint density at radius 2 is 1.02 bits per heavy atom. The number of fused-ring (bicyclic) bond motifs is 13. The molecule has 9 aromatic carbocycles. The average Bonchev–Trinajstić information content (AvgIpc) is 4.02. The van der Waals surface area contributed by atoms with Gasteiger partial charge in [-0.1, -0.05) is 153 Å². The second-order valence-corrected chi connectivity index (χ2v) is 17.3. The van der Waals surface area contributed by atoms with Gasteiger partial charge in [0, 0.05) is 38.2 Å². The second kappa shape index (κ2) is 12.3. The van der Waals surface area contributed by atoms with Crippen molar-refractivity contribution in [1.29, 1.82) is 0 Å². The van der Waals surface area contributed by atoms with E-state index in [0.717, 1.165) is 17.6 Å². The summed E-state index contributed by atoms with van der Waals surface area (Å²) in [5, 5.41) is 4.85. The average molecular weight is 766 g/mol. The third kappa shape index (κ3) is 4.76. The van der Waals surface area contributed by atoms with E-state index in [2.05, 4.69) is 206 Å². The summed E-state index contributed by atoms with van der Waals surface area (Å²) in [5.41, 5.74) is 23.5. The zero-order valence-corrected chi connectivity index (χ0v) is 33.5. The van der Waals surface area contributed by atoms with Crippen LogP contribution in [0.3, 0.4) is 0 Å². The lowest BCUT2D eigenvalue weighted by Crippen LogP contribution is -2.14. The van der Waals surface area contributed by atoms with Crippen LogP contribution in [-0.4, -0.2) is 4.57 Å². The SMILES string of the molecule is CC1(C)c2ccccc2-c2ccc(-c3ccc4c(c3)c3cc(-c5ccc(-c6ccccc6)cc5)ccc3n4-c3ccc4c(c3)Cc3ccc5c(oc6ccccc65)c3-4)cc21. The van der Waals surface area contributed by atoms with Crippen molar-refractivity contribution < 1.29 is 4.42 Å². The monoisotopic (exact) mass is 765 g/mol. The number of nitrogens with zero attached hydrogens (tertiary/aromatic N) is 1. The Bertz CT molecular complexity index is 3580. The number of benzene rings is 9. The molecule has 0 radical (unpaired) electrons. The maximum absolute atomic E-state index is 6.54. The predicted molar refractivity (Wildman–Crippen MR) is 250 cm³/mol. The van der Waals surface area contributed by atoms with Crippen molar-refractivity contribution in [2.75, 3.05) is 0 Å². The first-order valence-electron chi connectivity index (χ1n) is 21.0. The standard InChI is InChI=1S/C58H39NO/c1-58(2)51-14-8-6-12-45(51)46-25-20-40(34-52(46)58)39-23-29-54-50(33-39)49-32-38(37-18-16-36(17-19-37)35-10-4-3-5-11-35)22-28-53(49)59(54)43-24-27-44-42(31-43)30-41-21-26-48-47-13-7-9-15-55(47)60-57(48)56(41)44/h3-29,31-34H,30H2,1-2H3. The molecule has 2 aliphatic carbocycles. The Labute approximate surface area is 348 Å². The summed E-state index contributed by atoms with van der Waals surface area (Å²) >= 11 is 0. The molecular formula is C58H39NO. The molecule has 0 bridgehead atoms. The fourth-order valence-corrected chi connectivity index (χ4v) is 10.6. The molecule has 0 saturated heterocycles. The van der Waals surface area contributed by atoms with Crippen molar-refractivity contribution in [2.45, 2.75) is 25.7 Å². The molecule has 2 nitrogen and oxygen atoms in total. The van der Waals surface area contributed by atoms with Crippen LogP contribution in [0.25, 0.3) is 105 Å². The molecule has 0 N–H and O–H groups in total. The summed E-state index contributed by atoms with van der Waals surface area (Å²) < 4.78 is 9.01.